The summed E-state index contributed by atoms with van der Waals surface area (Å²) in [5.74, 6) is 0.0345. The summed E-state index contributed by atoms with van der Waals surface area (Å²) in [6.45, 7) is 3.38. The molecule has 1 aliphatic rings. The van der Waals surface area contributed by atoms with Crippen molar-refractivity contribution in [3.63, 3.8) is 0 Å². The monoisotopic (exact) mass is 533 g/mol. The average Bonchev–Trinajstić information content (AvgIpc) is 2.91. The van der Waals surface area contributed by atoms with Gasteiger partial charge in [-0.05, 0) is 56.4 Å². The molecule has 1 aliphatic carbocycles. The van der Waals surface area contributed by atoms with Crippen molar-refractivity contribution < 1.29 is 14.3 Å². The van der Waals surface area contributed by atoms with Crippen molar-refractivity contribution in [1.82, 2.24) is 20.3 Å². The van der Waals surface area contributed by atoms with Crippen LogP contribution < -0.4 is 10.6 Å². The highest BCUT2D eigenvalue weighted by Gasteiger charge is 2.37. The molecule has 1 fully saturated rings. The summed E-state index contributed by atoms with van der Waals surface area (Å²) < 4.78 is 14.4. The summed E-state index contributed by atoms with van der Waals surface area (Å²) in [5, 5.41) is 18.7. The van der Waals surface area contributed by atoms with Gasteiger partial charge in [0.1, 0.15) is 11.4 Å². The fraction of sp³-hybridized carbons (Fsp3) is 0.310. The van der Waals surface area contributed by atoms with E-state index in [1.54, 1.807) is 36.8 Å². The third kappa shape index (κ3) is 5.33. The number of benzene rings is 2. The molecule has 1 saturated carbocycles. The van der Waals surface area contributed by atoms with Crippen LogP contribution in [0.5, 0.6) is 0 Å². The van der Waals surface area contributed by atoms with Gasteiger partial charge in [0.05, 0.1) is 22.3 Å². The Kier molecular flexibility index (Phi) is 7.27. The summed E-state index contributed by atoms with van der Waals surface area (Å²) in [5.41, 5.74) is 2.46. The highest BCUT2D eigenvalue weighted by molar-refractivity contribution is 6.34. The molecular weight excluding hydrogens is 505 g/mol. The summed E-state index contributed by atoms with van der Waals surface area (Å²) in [4.78, 5) is 24.8. The van der Waals surface area contributed by atoms with Crippen LogP contribution in [-0.2, 0) is 10.4 Å². The van der Waals surface area contributed by atoms with Gasteiger partial charge in [-0.15, -0.1) is 0 Å². The van der Waals surface area contributed by atoms with Gasteiger partial charge in [0.15, 0.2) is 5.82 Å². The van der Waals surface area contributed by atoms with Gasteiger partial charge in [0.25, 0.3) is 0 Å². The van der Waals surface area contributed by atoms with Crippen LogP contribution in [0.4, 0.5) is 10.1 Å². The smallest absolute Gasteiger partial charge is 0.217 e. The molecule has 0 spiro atoms. The lowest BCUT2D eigenvalue weighted by molar-refractivity contribution is -0.120. The second-order valence-electron chi connectivity index (χ2n) is 9.90. The molecule has 3 N–H and O–H groups in total. The van der Waals surface area contributed by atoms with Crippen molar-refractivity contribution in [2.24, 2.45) is 0 Å². The van der Waals surface area contributed by atoms with Gasteiger partial charge < -0.3 is 15.7 Å². The quantitative estimate of drug-likeness (QED) is 0.284. The fourth-order valence-electron chi connectivity index (χ4n) is 5.08. The maximum atomic E-state index is 14.4. The van der Waals surface area contributed by atoms with Crippen molar-refractivity contribution in [2.75, 3.05) is 5.32 Å². The highest BCUT2D eigenvalue weighted by Crippen LogP contribution is 2.37. The van der Waals surface area contributed by atoms with E-state index >= 15 is 0 Å². The molecule has 1 amide bonds. The van der Waals surface area contributed by atoms with E-state index in [1.165, 1.54) is 13.0 Å². The number of rotatable bonds is 6. The van der Waals surface area contributed by atoms with Gasteiger partial charge in [-0.2, -0.15) is 0 Å². The molecular formula is C29H29ClFN5O2. The molecule has 2 aromatic carbocycles. The second kappa shape index (κ2) is 10.6. The van der Waals surface area contributed by atoms with E-state index in [2.05, 4.69) is 25.6 Å². The lowest BCUT2D eigenvalue weighted by Crippen LogP contribution is -2.42. The van der Waals surface area contributed by atoms with E-state index in [0.717, 1.165) is 22.0 Å². The number of anilines is 1. The number of fused-ring (bicyclic) bond motifs is 1. The number of nitrogens with one attached hydrogen (secondary N) is 2. The minimum atomic E-state index is -1.12. The first-order valence-electron chi connectivity index (χ1n) is 12.6. The largest absolute Gasteiger partial charge is 0.382 e. The highest BCUT2D eigenvalue weighted by atomic mass is 35.5. The molecule has 0 aliphatic heterocycles. The van der Waals surface area contributed by atoms with E-state index in [1.807, 2.05) is 25.1 Å². The molecule has 5 rings (SSSR count). The van der Waals surface area contributed by atoms with E-state index in [0.29, 0.717) is 47.8 Å². The van der Waals surface area contributed by atoms with Crippen LogP contribution in [-0.4, -0.2) is 32.0 Å². The molecule has 9 heteroatoms. The summed E-state index contributed by atoms with van der Waals surface area (Å²) in [6.07, 6.45) is 7.28. The zero-order valence-electron chi connectivity index (χ0n) is 21.2. The maximum absolute atomic E-state index is 14.4. The third-order valence-corrected chi connectivity index (χ3v) is 7.46. The van der Waals surface area contributed by atoms with E-state index in [4.69, 9.17) is 11.6 Å². The molecule has 2 aromatic heterocycles. The number of amides is 1. The van der Waals surface area contributed by atoms with Crippen LogP contribution in [0.1, 0.15) is 57.0 Å². The van der Waals surface area contributed by atoms with E-state index < -0.39 is 5.60 Å². The molecule has 7 nitrogen and oxygen atoms in total. The zero-order chi connectivity index (χ0) is 26.9. The molecule has 2 heterocycles. The molecule has 4 aromatic rings. The number of aliphatic hydroxyl groups is 1. The standard InChI is InChI=1S/C29H29ClFN5O2/c1-17(22-5-3-4-6-25(22)31)35-27-23-13-19(7-8-26(23)32-16-24(27)30)20-14-33-28(34-15-20)29(38)11-9-21(10-12-29)36-18(2)37/h3-8,13-17,21,38H,9-12H2,1-2H3,(H,32,35)(H,36,37). The third-order valence-electron chi connectivity index (χ3n) is 7.18. The minimum absolute atomic E-state index is 0.0621. The normalized spacial score (nSPS) is 20.2. The number of halogens is 2. The Balaban J connectivity index is 1.40. The number of nitrogens with zero attached hydrogens (tertiary/aromatic N) is 3. The van der Waals surface area contributed by atoms with E-state index in [-0.39, 0.29) is 23.8 Å². The Morgan fingerprint density at radius 1 is 1.08 bits per heavy atom. The predicted molar refractivity (Wildman–Crippen MR) is 146 cm³/mol. The second-order valence-corrected chi connectivity index (χ2v) is 10.3. The summed E-state index contributed by atoms with van der Waals surface area (Å²) in [6, 6.07) is 12.2. The van der Waals surface area contributed by atoms with Gasteiger partial charge in [-0.3, -0.25) is 9.78 Å². The number of carbonyl (C=O) groups excluding carboxylic acids is 1. The first-order chi connectivity index (χ1) is 18.2. The zero-order valence-corrected chi connectivity index (χ0v) is 22.0. The Morgan fingerprint density at radius 2 is 1.79 bits per heavy atom. The van der Waals surface area contributed by atoms with Crippen molar-refractivity contribution in [2.45, 2.75) is 57.2 Å². The van der Waals surface area contributed by atoms with Crippen LogP contribution >= 0.6 is 11.6 Å². The van der Waals surface area contributed by atoms with Gasteiger partial charge in [0.2, 0.25) is 5.91 Å². The van der Waals surface area contributed by atoms with Crippen LogP contribution in [0.3, 0.4) is 0 Å². The molecule has 196 valence electrons. The number of aromatic nitrogens is 3. The average molecular weight is 534 g/mol. The first-order valence-corrected chi connectivity index (χ1v) is 13.0. The van der Waals surface area contributed by atoms with Crippen molar-refractivity contribution in [3.05, 3.63) is 83.3 Å². The fourth-order valence-corrected chi connectivity index (χ4v) is 5.29. The molecule has 1 atom stereocenters. The van der Waals surface area contributed by atoms with Gasteiger partial charge in [0, 0.05) is 48.1 Å². The van der Waals surface area contributed by atoms with Gasteiger partial charge in [-0.25, -0.2) is 14.4 Å². The van der Waals surface area contributed by atoms with Gasteiger partial charge in [-0.1, -0.05) is 35.9 Å². The topological polar surface area (TPSA) is 100 Å². The lowest BCUT2D eigenvalue weighted by Gasteiger charge is -2.34. The summed E-state index contributed by atoms with van der Waals surface area (Å²) >= 11 is 6.54. The van der Waals surface area contributed by atoms with Crippen molar-refractivity contribution >= 4 is 34.1 Å². The number of hydrogen-bond acceptors (Lipinski definition) is 6. The number of carbonyl (C=O) groups is 1. The SMILES string of the molecule is CC(=O)NC1CCC(O)(c2ncc(-c3ccc4ncc(Cl)c(NC(C)c5ccccc5F)c4c3)cn2)CC1. The van der Waals surface area contributed by atoms with Crippen LogP contribution in [0, 0.1) is 5.82 Å². The van der Waals surface area contributed by atoms with Crippen molar-refractivity contribution in [1.29, 1.82) is 0 Å². The van der Waals surface area contributed by atoms with Gasteiger partial charge >= 0.3 is 0 Å². The molecule has 0 radical (unpaired) electrons. The minimum Gasteiger partial charge on any atom is -0.382 e. The number of hydrogen-bond donors (Lipinski definition) is 3. The van der Waals surface area contributed by atoms with E-state index in [9.17, 15) is 14.3 Å². The number of pyridine rings is 1. The Labute approximate surface area is 225 Å². The Hall–Kier alpha value is -3.62. The molecule has 1 unspecified atom stereocenters. The summed E-state index contributed by atoms with van der Waals surface area (Å²) in [7, 11) is 0. The van der Waals surface area contributed by atoms with Crippen LogP contribution in [0.25, 0.3) is 22.0 Å². The predicted octanol–water partition coefficient (Wildman–Crippen LogP) is 5.92. The van der Waals surface area contributed by atoms with Crippen LogP contribution in [0.15, 0.2) is 61.1 Å². The Morgan fingerprint density at radius 3 is 2.47 bits per heavy atom. The maximum Gasteiger partial charge on any atom is 0.217 e. The first kappa shape index (κ1) is 26.0. The molecule has 38 heavy (non-hydrogen) atoms. The van der Waals surface area contributed by atoms with Crippen LogP contribution in [0.2, 0.25) is 5.02 Å². The lowest BCUT2D eigenvalue weighted by atomic mass is 9.81. The van der Waals surface area contributed by atoms with Crippen molar-refractivity contribution in [3.8, 4) is 11.1 Å². The molecule has 0 bridgehead atoms. The molecule has 0 saturated heterocycles. The Bertz CT molecular complexity index is 1470.